The lowest BCUT2D eigenvalue weighted by molar-refractivity contribution is 0.744. The minimum Gasteiger partial charge on any atom is -0.269 e. The van der Waals surface area contributed by atoms with Crippen LogP contribution in [-0.2, 0) is 5.41 Å². The Morgan fingerprint density at radius 3 is 2.38 bits per heavy atom. The van der Waals surface area contributed by atoms with Crippen LogP contribution in [0.5, 0.6) is 0 Å². The average molecular weight is 277 g/mol. The van der Waals surface area contributed by atoms with Gasteiger partial charge in [-0.2, -0.15) is 5.10 Å². The van der Waals surface area contributed by atoms with E-state index in [9.17, 15) is 0 Å². The second kappa shape index (κ2) is 5.17. The van der Waals surface area contributed by atoms with Crippen molar-refractivity contribution in [2.45, 2.75) is 19.3 Å². The summed E-state index contributed by atoms with van der Waals surface area (Å²) >= 11 is 0. The summed E-state index contributed by atoms with van der Waals surface area (Å²) in [5, 5.41) is 6.40. The SMILES string of the molecule is CN(N=CC1=Nc2ccccc2C1(C)C)c1ccccc1. The Bertz CT molecular complexity index is 699. The zero-order valence-electron chi connectivity index (χ0n) is 12.6. The quantitative estimate of drug-likeness (QED) is 0.611. The first-order valence-corrected chi connectivity index (χ1v) is 7.10. The van der Waals surface area contributed by atoms with Gasteiger partial charge in [0.25, 0.3) is 0 Å². The molecule has 0 bridgehead atoms. The number of benzene rings is 2. The molecule has 21 heavy (non-hydrogen) atoms. The van der Waals surface area contributed by atoms with Crippen molar-refractivity contribution in [3.63, 3.8) is 0 Å². The van der Waals surface area contributed by atoms with Crippen molar-refractivity contribution in [2.24, 2.45) is 10.1 Å². The fourth-order valence-electron chi connectivity index (χ4n) is 2.55. The Hall–Kier alpha value is -2.42. The monoisotopic (exact) mass is 277 g/mol. The number of para-hydroxylation sites is 2. The van der Waals surface area contributed by atoms with Crippen LogP contribution < -0.4 is 5.01 Å². The Morgan fingerprint density at radius 1 is 1.00 bits per heavy atom. The van der Waals surface area contributed by atoms with E-state index < -0.39 is 0 Å². The van der Waals surface area contributed by atoms with Crippen molar-refractivity contribution >= 4 is 23.3 Å². The Labute approximate surface area is 125 Å². The van der Waals surface area contributed by atoms with Gasteiger partial charge in [-0.1, -0.05) is 50.2 Å². The highest BCUT2D eigenvalue weighted by Crippen LogP contribution is 2.39. The van der Waals surface area contributed by atoms with Crippen molar-refractivity contribution < 1.29 is 0 Å². The lowest BCUT2D eigenvalue weighted by Gasteiger charge is -2.20. The summed E-state index contributed by atoms with van der Waals surface area (Å²) in [5.74, 6) is 0. The highest BCUT2D eigenvalue weighted by atomic mass is 15.4. The minimum absolute atomic E-state index is 0.0996. The van der Waals surface area contributed by atoms with Crippen LogP contribution in [-0.4, -0.2) is 19.0 Å². The smallest absolute Gasteiger partial charge is 0.0712 e. The van der Waals surface area contributed by atoms with E-state index in [-0.39, 0.29) is 5.41 Å². The minimum atomic E-state index is -0.0996. The number of anilines is 1. The molecule has 3 heteroatoms. The summed E-state index contributed by atoms with van der Waals surface area (Å²) in [6.07, 6.45) is 1.87. The molecule has 0 fully saturated rings. The van der Waals surface area contributed by atoms with Gasteiger partial charge >= 0.3 is 0 Å². The molecule has 3 nitrogen and oxygen atoms in total. The number of aliphatic imine (C=N–C) groups is 1. The van der Waals surface area contributed by atoms with Gasteiger partial charge in [0.05, 0.1) is 23.3 Å². The molecule has 0 radical (unpaired) electrons. The first-order valence-electron chi connectivity index (χ1n) is 7.10. The molecule has 1 aliphatic rings. The summed E-state index contributed by atoms with van der Waals surface area (Å²) in [6, 6.07) is 18.4. The Morgan fingerprint density at radius 2 is 1.67 bits per heavy atom. The van der Waals surface area contributed by atoms with Gasteiger partial charge in [0.15, 0.2) is 0 Å². The topological polar surface area (TPSA) is 28.0 Å². The van der Waals surface area contributed by atoms with E-state index in [0.717, 1.165) is 17.1 Å². The van der Waals surface area contributed by atoms with Gasteiger partial charge in [0.1, 0.15) is 0 Å². The van der Waals surface area contributed by atoms with E-state index in [4.69, 9.17) is 4.99 Å². The van der Waals surface area contributed by atoms with Gasteiger partial charge in [-0.05, 0) is 23.8 Å². The summed E-state index contributed by atoms with van der Waals surface area (Å²) in [5.41, 5.74) is 4.26. The van der Waals surface area contributed by atoms with Crippen molar-refractivity contribution in [1.82, 2.24) is 0 Å². The van der Waals surface area contributed by atoms with Gasteiger partial charge < -0.3 is 0 Å². The van der Waals surface area contributed by atoms with Crippen molar-refractivity contribution in [2.75, 3.05) is 12.1 Å². The van der Waals surface area contributed by atoms with Crippen molar-refractivity contribution in [3.05, 3.63) is 60.2 Å². The van der Waals surface area contributed by atoms with E-state index >= 15 is 0 Å². The molecular weight excluding hydrogens is 258 g/mol. The molecule has 0 saturated heterocycles. The molecule has 0 N–H and O–H groups in total. The molecule has 0 saturated carbocycles. The van der Waals surface area contributed by atoms with E-state index in [1.807, 2.05) is 54.7 Å². The molecule has 0 aliphatic carbocycles. The van der Waals surface area contributed by atoms with Crippen LogP contribution in [0.3, 0.4) is 0 Å². The summed E-state index contributed by atoms with van der Waals surface area (Å²) in [4.78, 5) is 4.71. The maximum atomic E-state index is 4.71. The van der Waals surface area contributed by atoms with Gasteiger partial charge in [-0.25, -0.2) is 0 Å². The predicted molar refractivity (Wildman–Crippen MR) is 89.9 cm³/mol. The Kier molecular flexibility index (Phi) is 3.34. The van der Waals surface area contributed by atoms with Crippen LogP contribution >= 0.6 is 0 Å². The molecular formula is C18H19N3. The van der Waals surface area contributed by atoms with Crippen molar-refractivity contribution in [3.8, 4) is 0 Å². The lowest BCUT2D eigenvalue weighted by Crippen LogP contribution is -2.27. The molecule has 2 aromatic rings. The highest BCUT2D eigenvalue weighted by Gasteiger charge is 2.33. The van der Waals surface area contributed by atoms with Crippen LogP contribution in [0.25, 0.3) is 0 Å². The van der Waals surface area contributed by atoms with E-state index in [1.54, 1.807) is 0 Å². The molecule has 2 aromatic carbocycles. The van der Waals surface area contributed by atoms with Gasteiger partial charge in [-0.3, -0.25) is 10.0 Å². The fraction of sp³-hybridized carbons (Fsp3) is 0.222. The Balaban J connectivity index is 1.85. The van der Waals surface area contributed by atoms with Crippen molar-refractivity contribution in [1.29, 1.82) is 0 Å². The zero-order chi connectivity index (χ0) is 14.9. The number of fused-ring (bicyclic) bond motifs is 1. The molecule has 0 aromatic heterocycles. The van der Waals surface area contributed by atoms with Crippen LogP contribution in [0.15, 0.2) is 64.7 Å². The molecule has 0 unspecified atom stereocenters. The normalized spacial score (nSPS) is 15.9. The number of nitrogens with zero attached hydrogens (tertiary/aromatic N) is 3. The second-order valence-corrected chi connectivity index (χ2v) is 5.74. The van der Waals surface area contributed by atoms with Crippen LogP contribution in [0, 0.1) is 0 Å². The summed E-state index contributed by atoms with van der Waals surface area (Å²) < 4.78 is 0. The standard InChI is InChI=1S/C18H19N3/c1-18(2)15-11-7-8-12-16(15)20-17(18)13-19-21(3)14-9-5-4-6-10-14/h4-13H,1-3H3. The maximum absolute atomic E-state index is 4.71. The van der Waals surface area contributed by atoms with Crippen LogP contribution in [0.4, 0.5) is 11.4 Å². The molecule has 1 heterocycles. The third kappa shape index (κ3) is 2.47. The summed E-state index contributed by atoms with van der Waals surface area (Å²) in [6.45, 7) is 4.37. The average Bonchev–Trinajstić information content (AvgIpc) is 2.77. The number of hydrogen-bond donors (Lipinski definition) is 0. The van der Waals surface area contributed by atoms with Gasteiger partial charge in [-0.15, -0.1) is 0 Å². The largest absolute Gasteiger partial charge is 0.269 e. The molecule has 3 rings (SSSR count). The molecule has 0 spiro atoms. The molecule has 106 valence electrons. The van der Waals surface area contributed by atoms with E-state index in [1.165, 1.54) is 5.56 Å². The third-order valence-corrected chi connectivity index (χ3v) is 3.94. The molecule has 0 amide bonds. The molecule has 1 aliphatic heterocycles. The first kappa shape index (κ1) is 13.6. The van der Waals surface area contributed by atoms with Crippen LogP contribution in [0.2, 0.25) is 0 Å². The van der Waals surface area contributed by atoms with E-state index in [0.29, 0.717) is 0 Å². The lowest BCUT2D eigenvalue weighted by atomic mass is 9.82. The maximum Gasteiger partial charge on any atom is 0.0712 e. The second-order valence-electron chi connectivity index (χ2n) is 5.74. The number of hydrogen-bond acceptors (Lipinski definition) is 3. The number of rotatable bonds is 3. The van der Waals surface area contributed by atoms with Gasteiger partial charge in [0.2, 0.25) is 0 Å². The molecule has 0 atom stereocenters. The fourth-order valence-corrected chi connectivity index (χ4v) is 2.55. The third-order valence-electron chi connectivity index (χ3n) is 3.94. The zero-order valence-corrected chi connectivity index (χ0v) is 12.6. The summed E-state index contributed by atoms with van der Waals surface area (Å²) in [7, 11) is 1.95. The first-order chi connectivity index (χ1) is 10.1. The van der Waals surface area contributed by atoms with E-state index in [2.05, 4.69) is 37.1 Å². The number of hydrazone groups is 1. The predicted octanol–water partition coefficient (Wildman–Crippen LogP) is 4.17. The van der Waals surface area contributed by atoms with Gasteiger partial charge in [0, 0.05) is 12.5 Å². The van der Waals surface area contributed by atoms with Crippen LogP contribution in [0.1, 0.15) is 19.4 Å². The highest BCUT2D eigenvalue weighted by molar-refractivity contribution is 6.36.